The van der Waals surface area contributed by atoms with Gasteiger partial charge in [-0.15, -0.1) is 0 Å². The summed E-state index contributed by atoms with van der Waals surface area (Å²) in [5.41, 5.74) is 3.98. The van der Waals surface area contributed by atoms with Crippen molar-refractivity contribution >= 4 is 54.8 Å². The Balaban J connectivity index is 1.61. The molecule has 0 saturated carbocycles. The van der Waals surface area contributed by atoms with Crippen LogP contribution in [0, 0.1) is 13.8 Å². The normalized spacial score (nSPS) is 12.3. The number of sulfonamides is 1. The van der Waals surface area contributed by atoms with Crippen molar-refractivity contribution in [3.63, 3.8) is 0 Å². The first-order valence-corrected chi connectivity index (χ1v) is 14.0. The molecular formula is C26H26ClN3O4S2. The maximum atomic E-state index is 13.0. The fraction of sp³-hybridized carbons (Fsp3) is 0.231. The van der Waals surface area contributed by atoms with Crippen LogP contribution in [0.25, 0.3) is 10.2 Å². The highest BCUT2D eigenvalue weighted by Crippen LogP contribution is 2.24. The van der Waals surface area contributed by atoms with E-state index >= 15 is 0 Å². The second kappa shape index (κ2) is 11.0. The van der Waals surface area contributed by atoms with Crippen LogP contribution >= 0.6 is 22.9 Å². The molecule has 4 rings (SSSR count). The fourth-order valence-electron chi connectivity index (χ4n) is 3.77. The quantitative estimate of drug-likeness (QED) is 0.295. The van der Waals surface area contributed by atoms with E-state index in [1.54, 1.807) is 12.1 Å². The van der Waals surface area contributed by atoms with Crippen molar-refractivity contribution in [2.45, 2.75) is 32.2 Å². The zero-order chi connectivity index (χ0) is 25.9. The minimum Gasteiger partial charge on any atom is -0.380 e. The number of fused-ring (bicyclic) bond motifs is 1. The zero-order valence-electron chi connectivity index (χ0n) is 20.1. The Bertz CT molecular complexity index is 1570. The van der Waals surface area contributed by atoms with E-state index in [1.165, 1.54) is 47.7 Å². The van der Waals surface area contributed by atoms with Crippen molar-refractivity contribution in [1.82, 2.24) is 4.57 Å². The van der Waals surface area contributed by atoms with Crippen molar-refractivity contribution in [2.24, 2.45) is 4.99 Å². The standard InChI is InChI=1S/C26H26ClN3O4S2/c1-4-34-14-13-30-23-16-17(2)15-18(3)24(23)35-26(30)28-25(31)19-5-9-21(10-6-19)29-36(32,33)22-11-7-20(27)8-12-22/h5-12,15-16,29H,4,13-14H2,1-3H3. The van der Waals surface area contributed by atoms with Crippen LogP contribution in [0.15, 0.2) is 70.6 Å². The van der Waals surface area contributed by atoms with Gasteiger partial charge in [0, 0.05) is 29.4 Å². The van der Waals surface area contributed by atoms with Gasteiger partial charge in [-0.1, -0.05) is 29.0 Å². The first-order valence-electron chi connectivity index (χ1n) is 11.3. The van der Waals surface area contributed by atoms with Crippen molar-refractivity contribution in [1.29, 1.82) is 0 Å². The number of aromatic nitrogens is 1. The Labute approximate surface area is 219 Å². The molecule has 4 aromatic rings. The van der Waals surface area contributed by atoms with Crippen molar-refractivity contribution in [3.05, 3.63) is 87.2 Å². The number of hydrogen-bond donors (Lipinski definition) is 1. The largest absolute Gasteiger partial charge is 0.380 e. The van der Waals surface area contributed by atoms with Gasteiger partial charge in [0.2, 0.25) is 0 Å². The van der Waals surface area contributed by atoms with Gasteiger partial charge in [-0.05, 0) is 86.5 Å². The van der Waals surface area contributed by atoms with Crippen LogP contribution in [0.3, 0.4) is 0 Å². The summed E-state index contributed by atoms with van der Waals surface area (Å²) in [6.45, 7) is 7.74. The highest BCUT2D eigenvalue weighted by atomic mass is 35.5. The van der Waals surface area contributed by atoms with Gasteiger partial charge in [-0.3, -0.25) is 9.52 Å². The number of benzene rings is 3. The molecule has 3 aromatic carbocycles. The van der Waals surface area contributed by atoms with Crippen molar-refractivity contribution in [2.75, 3.05) is 17.9 Å². The summed E-state index contributed by atoms with van der Waals surface area (Å²) in [5.74, 6) is -0.409. The van der Waals surface area contributed by atoms with E-state index in [-0.39, 0.29) is 4.90 Å². The minimum atomic E-state index is -3.78. The van der Waals surface area contributed by atoms with Gasteiger partial charge < -0.3 is 9.30 Å². The number of aryl methyl sites for hydroxylation is 2. The van der Waals surface area contributed by atoms with E-state index in [2.05, 4.69) is 21.8 Å². The summed E-state index contributed by atoms with van der Waals surface area (Å²) in [5, 5.41) is 0.448. The predicted octanol–water partition coefficient (Wildman–Crippen LogP) is 5.55. The van der Waals surface area contributed by atoms with Gasteiger partial charge in [-0.2, -0.15) is 4.99 Å². The van der Waals surface area contributed by atoms with Gasteiger partial charge in [0.15, 0.2) is 4.80 Å². The van der Waals surface area contributed by atoms with Crippen LogP contribution in [0.2, 0.25) is 5.02 Å². The lowest BCUT2D eigenvalue weighted by molar-refractivity contribution is 0.0996. The number of thiazole rings is 1. The van der Waals surface area contributed by atoms with Crippen molar-refractivity contribution < 1.29 is 17.9 Å². The highest BCUT2D eigenvalue weighted by molar-refractivity contribution is 7.92. The average molecular weight is 544 g/mol. The predicted molar refractivity (Wildman–Crippen MR) is 144 cm³/mol. The summed E-state index contributed by atoms with van der Waals surface area (Å²) >= 11 is 7.31. The molecule has 1 amide bonds. The number of carbonyl (C=O) groups is 1. The Hall–Kier alpha value is -2.98. The van der Waals surface area contributed by atoms with E-state index in [1.807, 2.05) is 25.3 Å². The van der Waals surface area contributed by atoms with E-state index in [0.29, 0.717) is 40.8 Å². The molecule has 188 valence electrons. The molecule has 10 heteroatoms. The number of rotatable bonds is 8. The molecule has 7 nitrogen and oxygen atoms in total. The fourth-order valence-corrected chi connectivity index (χ4v) is 6.06. The summed E-state index contributed by atoms with van der Waals surface area (Å²) in [6, 6.07) is 16.3. The number of anilines is 1. The monoisotopic (exact) mass is 543 g/mol. The SMILES string of the molecule is CCOCCn1c(=NC(=O)c2ccc(NS(=O)(=O)c3ccc(Cl)cc3)cc2)sc2c(C)cc(C)cc21. The first kappa shape index (κ1) is 26.1. The molecule has 1 N–H and O–H groups in total. The lowest BCUT2D eigenvalue weighted by atomic mass is 10.1. The molecule has 0 radical (unpaired) electrons. The summed E-state index contributed by atoms with van der Waals surface area (Å²) < 4.78 is 36.4. The number of carbonyl (C=O) groups excluding carboxylic acids is 1. The molecule has 1 aromatic heterocycles. The van der Waals surface area contributed by atoms with Gasteiger partial charge in [-0.25, -0.2) is 8.42 Å². The number of amides is 1. The van der Waals surface area contributed by atoms with Crippen LogP contribution in [0.5, 0.6) is 0 Å². The number of nitrogens with one attached hydrogen (secondary N) is 1. The molecule has 0 aliphatic rings. The Morgan fingerprint density at radius 1 is 1.08 bits per heavy atom. The van der Waals surface area contributed by atoms with Crippen LogP contribution in [0.1, 0.15) is 28.4 Å². The molecule has 0 atom stereocenters. The first-order chi connectivity index (χ1) is 17.2. The number of halogens is 1. The van der Waals surface area contributed by atoms with Gasteiger partial charge in [0.1, 0.15) is 0 Å². The molecule has 0 saturated heterocycles. The third-order valence-electron chi connectivity index (χ3n) is 5.48. The highest BCUT2D eigenvalue weighted by Gasteiger charge is 2.15. The third-order valence-corrected chi connectivity index (χ3v) is 8.36. The maximum absolute atomic E-state index is 13.0. The molecule has 0 aliphatic carbocycles. The van der Waals surface area contributed by atoms with Gasteiger partial charge in [0.05, 0.1) is 21.7 Å². The molecule has 0 bridgehead atoms. The maximum Gasteiger partial charge on any atom is 0.279 e. The molecular weight excluding hydrogens is 518 g/mol. The Morgan fingerprint density at radius 2 is 1.78 bits per heavy atom. The van der Waals surface area contributed by atoms with Crippen molar-refractivity contribution in [3.8, 4) is 0 Å². The number of nitrogens with zero attached hydrogens (tertiary/aromatic N) is 2. The van der Waals surface area contributed by atoms with E-state index in [9.17, 15) is 13.2 Å². The van der Waals surface area contributed by atoms with Crippen LogP contribution in [0.4, 0.5) is 5.69 Å². The van der Waals surface area contributed by atoms with Gasteiger partial charge in [0.25, 0.3) is 15.9 Å². The smallest absolute Gasteiger partial charge is 0.279 e. The number of ether oxygens (including phenoxy) is 1. The second-order valence-corrected chi connectivity index (χ2v) is 11.3. The van der Waals surface area contributed by atoms with E-state index in [4.69, 9.17) is 16.3 Å². The summed E-state index contributed by atoms with van der Waals surface area (Å²) in [7, 11) is -3.78. The molecule has 0 aliphatic heterocycles. The van der Waals surface area contributed by atoms with E-state index < -0.39 is 15.9 Å². The average Bonchev–Trinajstić information content (AvgIpc) is 3.17. The molecule has 36 heavy (non-hydrogen) atoms. The van der Waals surface area contributed by atoms with Crippen LogP contribution in [-0.2, 0) is 21.3 Å². The van der Waals surface area contributed by atoms with Crippen LogP contribution < -0.4 is 9.52 Å². The third kappa shape index (κ3) is 5.87. The molecule has 0 spiro atoms. The number of hydrogen-bond acceptors (Lipinski definition) is 5. The lowest BCUT2D eigenvalue weighted by Crippen LogP contribution is -2.19. The topological polar surface area (TPSA) is 89.8 Å². The minimum absolute atomic E-state index is 0.0916. The summed E-state index contributed by atoms with van der Waals surface area (Å²) in [4.78, 5) is 18.1. The molecule has 0 unspecified atom stereocenters. The second-order valence-electron chi connectivity index (χ2n) is 8.22. The Kier molecular flexibility index (Phi) is 7.94. The van der Waals surface area contributed by atoms with Crippen LogP contribution in [-0.4, -0.2) is 32.1 Å². The van der Waals surface area contributed by atoms with E-state index in [0.717, 1.165) is 21.3 Å². The zero-order valence-corrected chi connectivity index (χ0v) is 22.5. The molecule has 1 heterocycles. The lowest BCUT2D eigenvalue weighted by Gasteiger charge is -2.08. The van der Waals surface area contributed by atoms with Gasteiger partial charge >= 0.3 is 0 Å². The summed E-state index contributed by atoms with van der Waals surface area (Å²) in [6.07, 6.45) is 0. The molecule has 0 fully saturated rings. The Morgan fingerprint density at radius 3 is 2.44 bits per heavy atom.